The number of nitrogen functional groups attached to an aromatic ring is 1. The minimum Gasteiger partial charge on any atom is -0.424 e. The largest absolute Gasteiger partial charge is 0.573 e. The zero-order chi connectivity index (χ0) is 35.4. The molecule has 254 valence electrons. The molecule has 1 saturated heterocycles. The molecule has 2 aromatic heterocycles. The Morgan fingerprint density at radius 1 is 0.729 bits per heavy atom. The van der Waals surface area contributed by atoms with Gasteiger partial charge in [0.05, 0.1) is 36.2 Å². The quantitative estimate of drug-likeness (QED) is 0.165. The van der Waals surface area contributed by atoms with Crippen LogP contribution in [0, 0.1) is 13.8 Å². The van der Waals surface area contributed by atoms with Crippen LogP contribution in [0.2, 0.25) is 0 Å². The predicted octanol–water partition coefficient (Wildman–Crippen LogP) is 6.37. The van der Waals surface area contributed by atoms with Gasteiger partial charge in [-0.3, -0.25) is 4.79 Å². The smallest absolute Gasteiger partial charge is 0.424 e. The first-order valence-electron chi connectivity index (χ1n) is 13.4. The number of halogens is 6. The normalized spacial score (nSPS) is 14.1. The van der Waals surface area contributed by atoms with Crippen molar-refractivity contribution >= 4 is 23.3 Å². The van der Waals surface area contributed by atoms with Crippen LogP contribution < -0.4 is 34.9 Å². The van der Waals surface area contributed by atoms with Gasteiger partial charge in [0.15, 0.2) is 0 Å². The van der Waals surface area contributed by atoms with Crippen molar-refractivity contribution in [1.82, 2.24) is 25.3 Å². The Hall–Kier alpha value is -5.88. The molecular weight excluding hydrogens is 656 g/mol. The molecule has 3 amide bonds. The fourth-order valence-electron chi connectivity index (χ4n) is 3.81. The molecular formula is C29H25F6N7O6. The second kappa shape index (κ2) is 13.5. The lowest BCUT2D eigenvalue weighted by atomic mass is 10.1. The van der Waals surface area contributed by atoms with E-state index in [1.165, 1.54) is 62.9 Å². The number of alkyl halides is 6. The van der Waals surface area contributed by atoms with Gasteiger partial charge in [-0.1, -0.05) is 12.1 Å². The number of carbonyl (C=O) groups is 2. The fraction of sp³-hybridized carbons (Fsp3) is 0.241. The van der Waals surface area contributed by atoms with E-state index in [-0.39, 0.29) is 40.5 Å². The second-order valence-electron chi connectivity index (χ2n) is 10.4. The number of benzene rings is 2. The Balaban J connectivity index is 0.000000229. The Bertz CT molecular complexity index is 1790. The summed E-state index contributed by atoms with van der Waals surface area (Å²) in [6.07, 6.45) is -4.56. The molecule has 19 heteroatoms. The molecule has 0 radical (unpaired) electrons. The average Bonchev–Trinajstić information content (AvgIpc) is 3.18. The summed E-state index contributed by atoms with van der Waals surface area (Å²) in [6, 6.07) is 7.09. The van der Waals surface area contributed by atoms with E-state index >= 15 is 0 Å². The van der Waals surface area contributed by atoms with Crippen molar-refractivity contribution in [3.05, 3.63) is 72.3 Å². The molecule has 1 aliphatic rings. The summed E-state index contributed by atoms with van der Waals surface area (Å²) in [7, 11) is 0. The number of carbonyl (C=O) groups excluding carboxylic acids is 2. The monoisotopic (exact) mass is 681 g/mol. The third kappa shape index (κ3) is 9.33. The number of anilines is 2. The number of hydrogen-bond donors (Lipinski definition) is 2. The maximum absolute atomic E-state index is 12.4. The third-order valence-corrected chi connectivity index (χ3v) is 6.07. The number of imide groups is 1. The first-order chi connectivity index (χ1) is 22.3. The molecule has 0 atom stereocenters. The number of ether oxygens (including phenoxy) is 4. The number of aromatic nitrogens is 4. The van der Waals surface area contributed by atoms with E-state index in [1.54, 1.807) is 13.8 Å². The van der Waals surface area contributed by atoms with Crippen LogP contribution in [0.25, 0.3) is 0 Å². The Labute approximate surface area is 267 Å². The van der Waals surface area contributed by atoms with Crippen molar-refractivity contribution in [2.45, 2.75) is 46.0 Å². The molecule has 1 fully saturated rings. The molecule has 4 aromatic rings. The third-order valence-electron chi connectivity index (χ3n) is 6.07. The van der Waals surface area contributed by atoms with E-state index in [0.29, 0.717) is 11.3 Å². The average molecular weight is 682 g/mol. The zero-order valence-electron chi connectivity index (χ0n) is 25.3. The highest BCUT2D eigenvalue weighted by atomic mass is 19.4. The summed E-state index contributed by atoms with van der Waals surface area (Å²) in [6.45, 7) is 6.06. The van der Waals surface area contributed by atoms with Crippen LogP contribution >= 0.6 is 0 Å². The lowest BCUT2D eigenvalue weighted by molar-refractivity contribution is -0.275. The van der Waals surface area contributed by atoms with Crippen LogP contribution in [0.1, 0.15) is 25.0 Å². The number of aryl methyl sites for hydroxylation is 2. The second-order valence-corrected chi connectivity index (χ2v) is 10.4. The minimum atomic E-state index is -4.84. The highest BCUT2D eigenvalue weighted by Gasteiger charge is 2.45. The highest BCUT2D eigenvalue weighted by molar-refractivity contribution is 6.22. The van der Waals surface area contributed by atoms with Crippen molar-refractivity contribution in [3.8, 4) is 35.0 Å². The molecule has 3 N–H and O–H groups in total. The van der Waals surface area contributed by atoms with E-state index in [1.807, 2.05) is 0 Å². The van der Waals surface area contributed by atoms with Gasteiger partial charge in [0.2, 0.25) is 0 Å². The van der Waals surface area contributed by atoms with Crippen molar-refractivity contribution < 1.29 is 54.9 Å². The molecule has 0 unspecified atom stereocenters. The molecule has 2 aromatic carbocycles. The van der Waals surface area contributed by atoms with Gasteiger partial charge < -0.3 is 30.0 Å². The summed E-state index contributed by atoms with van der Waals surface area (Å²) in [4.78, 5) is 40.4. The standard InChI is InChI=1S/C17H15F3N4O4.C12H10F3N3O2/c1-9-4-5-11(6-12(9)28-17(18,19)20)27-14-21-7-10(8-22-14)24-13(25)16(2,3)23-15(24)26;1-7-2-3-9(4-10(7)20-12(13,14)15)19-11-17-5-8(16)6-18-11/h4-8H,1-3H3,(H,23,26);2-6H,16H2,1H3. The van der Waals surface area contributed by atoms with Crippen LogP contribution in [0.15, 0.2) is 61.2 Å². The summed E-state index contributed by atoms with van der Waals surface area (Å²) in [5.41, 5.74) is 5.43. The number of urea groups is 1. The summed E-state index contributed by atoms with van der Waals surface area (Å²) >= 11 is 0. The number of nitrogens with zero attached hydrogens (tertiary/aromatic N) is 5. The first kappa shape index (κ1) is 35.0. The van der Waals surface area contributed by atoms with Crippen molar-refractivity contribution in [1.29, 1.82) is 0 Å². The zero-order valence-corrected chi connectivity index (χ0v) is 25.3. The molecule has 0 saturated carbocycles. The van der Waals surface area contributed by atoms with Gasteiger partial charge in [-0.2, -0.15) is 0 Å². The molecule has 0 bridgehead atoms. The fourth-order valence-corrected chi connectivity index (χ4v) is 3.81. The number of nitrogens with one attached hydrogen (secondary N) is 1. The maximum atomic E-state index is 12.4. The Kier molecular flexibility index (Phi) is 9.81. The number of hydrogen-bond acceptors (Lipinski definition) is 11. The van der Waals surface area contributed by atoms with Crippen molar-refractivity contribution in [2.24, 2.45) is 0 Å². The number of rotatable bonds is 7. The molecule has 0 aliphatic carbocycles. The van der Waals surface area contributed by atoms with E-state index in [2.05, 4.69) is 34.7 Å². The van der Waals surface area contributed by atoms with Crippen molar-refractivity contribution in [2.75, 3.05) is 10.6 Å². The predicted molar refractivity (Wildman–Crippen MR) is 154 cm³/mol. The summed E-state index contributed by atoms with van der Waals surface area (Å²) in [5.74, 6) is -1.08. The van der Waals surface area contributed by atoms with Gasteiger partial charge in [0, 0.05) is 12.1 Å². The minimum absolute atomic E-state index is 0.0220. The first-order valence-corrected chi connectivity index (χ1v) is 13.4. The molecule has 3 heterocycles. The van der Waals surface area contributed by atoms with Crippen LogP contribution in [0.5, 0.6) is 35.0 Å². The topological polar surface area (TPSA) is 164 Å². The van der Waals surface area contributed by atoms with E-state index in [4.69, 9.17) is 15.2 Å². The molecule has 1 aliphatic heterocycles. The molecule has 5 rings (SSSR count). The lowest BCUT2D eigenvalue weighted by Gasteiger charge is -2.15. The van der Waals surface area contributed by atoms with Gasteiger partial charge >= 0.3 is 30.8 Å². The Morgan fingerprint density at radius 3 is 1.52 bits per heavy atom. The van der Waals surface area contributed by atoms with Gasteiger partial charge in [-0.15, -0.1) is 26.3 Å². The van der Waals surface area contributed by atoms with Gasteiger partial charge in [0.1, 0.15) is 28.5 Å². The van der Waals surface area contributed by atoms with E-state index in [0.717, 1.165) is 17.0 Å². The SMILES string of the molecule is Cc1ccc(Oc2ncc(N)cn2)cc1OC(F)(F)F.Cc1ccc(Oc2ncc(N3C(=O)NC(C)(C)C3=O)cn2)cc1OC(F)(F)F. The lowest BCUT2D eigenvalue weighted by Crippen LogP contribution is -2.40. The molecule has 0 spiro atoms. The Morgan fingerprint density at radius 2 is 1.15 bits per heavy atom. The van der Waals surface area contributed by atoms with Crippen LogP contribution in [-0.2, 0) is 4.79 Å². The van der Waals surface area contributed by atoms with Gasteiger partial charge in [0.25, 0.3) is 5.91 Å². The molecule has 13 nitrogen and oxygen atoms in total. The van der Waals surface area contributed by atoms with Crippen LogP contribution in [-0.4, -0.2) is 50.1 Å². The maximum Gasteiger partial charge on any atom is 0.573 e. The van der Waals surface area contributed by atoms with E-state index < -0.39 is 36.0 Å². The number of nitrogens with two attached hydrogens (primary N) is 1. The van der Waals surface area contributed by atoms with E-state index in [9.17, 15) is 35.9 Å². The summed E-state index contributed by atoms with van der Waals surface area (Å²) < 4.78 is 92.3. The van der Waals surface area contributed by atoms with Gasteiger partial charge in [-0.25, -0.2) is 29.6 Å². The van der Waals surface area contributed by atoms with Crippen LogP contribution in [0.3, 0.4) is 0 Å². The van der Waals surface area contributed by atoms with Crippen molar-refractivity contribution in [3.63, 3.8) is 0 Å². The van der Waals surface area contributed by atoms with Crippen LogP contribution in [0.4, 0.5) is 42.5 Å². The molecule has 48 heavy (non-hydrogen) atoms. The van der Waals surface area contributed by atoms with Gasteiger partial charge in [-0.05, 0) is 51.0 Å². The summed E-state index contributed by atoms with van der Waals surface area (Å²) in [5, 5.41) is 2.52. The number of amides is 3. The highest BCUT2D eigenvalue weighted by Crippen LogP contribution is 2.33.